The summed E-state index contributed by atoms with van der Waals surface area (Å²) in [4.78, 5) is 16.3. The number of hydrogen-bond donors (Lipinski definition) is 0. The van der Waals surface area contributed by atoms with Gasteiger partial charge in [-0.1, -0.05) is 19.6 Å². The second-order valence-electron chi connectivity index (χ2n) is 5.28. The number of nitrogens with zero attached hydrogens (tertiary/aromatic N) is 1. The van der Waals surface area contributed by atoms with Crippen LogP contribution < -0.4 is 10.1 Å². The van der Waals surface area contributed by atoms with Gasteiger partial charge in [-0.25, -0.2) is 4.98 Å². The molecule has 0 aliphatic rings. The molecule has 100 valence electrons. The Bertz CT molecular complexity index is 452. The predicted molar refractivity (Wildman–Crippen MR) is 74.5 cm³/mol. The van der Waals surface area contributed by atoms with Crippen molar-refractivity contribution in [3.8, 4) is 5.88 Å². The van der Waals surface area contributed by atoms with Gasteiger partial charge in [0.15, 0.2) is 5.78 Å². The molecule has 0 N–H and O–H groups in total. The van der Waals surface area contributed by atoms with Crippen LogP contribution in [-0.2, 0) is 11.3 Å². The van der Waals surface area contributed by atoms with Gasteiger partial charge in [-0.05, 0) is 13.0 Å². The number of Topliss-reactive ketones (excluding diaryl/α,β-unsaturated/α-hetero) is 1. The molecule has 0 aliphatic carbocycles. The lowest BCUT2D eigenvalue weighted by molar-refractivity contribution is 0.101. The summed E-state index contributed by atoms with van der Waals surface area (Å²) >= 11 is 0. The van der Waals surface area contributed by atoms with E-state index in [4.69, 9.17) is 9.47 Å². The van der Waals surface area contributed by atoms with Crippen molar-refractivity contribution in [1.29, 1.82) is 0 Å². The molecule has 0 atom stereocenters. The standard InChI is InChI=1S/C13H21NO3Si/c1-9(15)10-7-12(18(4,5)6)14-13(17-3)11(10)8-16-2/h7H,8H2,1-6H3. The highest BCUT2D eigenvalue weighted by Gasteiger charge is 2.24. The summed E-state index contributed by atoms with van der Waals surface area (Å²) in [6.45, 7) is 8.46. The number of ether oxygens (including phenoxy) is 2. The molecule has 0 radical (unpaired) electrons. The monoisotopic (exact) mass is 267 g/mol. The summed E-state index contributed by atoms with van der Waals surface area (Å²) in [7, 11) is 1.57. The Labute approximate surface area is 109 Å². The fraction of sp³-hybridized carbons (Fsp3) is 0.538. The third-order valence-corrected chi connectivity index (χ3v) is 4.51. The molecule has 5 heteroatoms. The van der Waals surface area contributed by atoms with Gasteiger partial charge >= 0.3 is 0 Å². The summed E-state index contributed by atoms with van der Waals surface area (Å²) in [5.74, 6) is 0.518. The van der Waals surface area contributed by atoms with Crippen molar-refractivity contribution in [3.63, 3.8) is 0 Å². The van der Waals surface area contributed by atoms with Gasteiger partial charge < -0.3 is 9.47 Å². The van der Waals surface area contributed by atoms with Crippen LogP contribution in [0, 0.1) is 0 Å². The highest BCUT2D eigenvalue weighted by Crippen LogP contribution is 2.21. The molecule has 0 unspecified atom stereocenters. The summed E-state index contributed by atoms with van der Waals surface area (Å²) in [5, 5.41) is 0.976. The zero-order valence-corrected chi connectivity index (χ0v) is 13.0. The summed E-state index contributed by atoms with van der Waals surface area (Å²) in [6, 6.07) is 1.89. The first-order valence-electron chi connectivity index (χ1n) is 5.89. The zero-order valence-electron chi connectivity index (χ0n) is 12.0. The van der Waals surface area contributed by atoms with E-state index in [2.05, 4.69) is 24.6 Å². The number of hydrogen-bond acceptors (Lipinski definition) is 4. The van der Waals surface area contributed by atoms with Gasteiger partial charge in [0.25, 0.3) is 0 Å². The lowest BCUT2D eigenvalue weighted by atomic mass is 10.1. The Morgan fingerprint density at radius 1 is 1.33 bits per heavy atom. The molecule has 1 aromatic heterocycles. The average Bonchev–Trinajstić information content (AvgIpc) is 2.27. The number of aromatic nitrogens is 1. The average molecular weight is 267 g/mol. The van der Waals surface area contributed by atoms with Crippen molar-refractivity contribution in [3.05, 3.63) is 17.2 Å². The molecule has 1 aromatic rings. The third kappa shape index (κ3) is 3.17. The van der Waals surface area contributed by atoms with E-state index < -0.39 is 8.07 Å². The van der Waals surface area contributed by atoms with Crippen LogP contribution in [0.5, 0.6) is 5.88 Å². The second kappa shape index (κ2) is 5.62. The first-order valence-corrected chi connectivity index (χ1v) is 9.39. The quantitative estimate of drug-likeness (QED) is 0.604. The summed E-state index contributed by atoms with van der Waals surface area (Å²) in [6.07, 6.45) is 0. The fourth-order valence-electron chi connectivity index (χ4n) is 1.70. The van der Waals surface area contributed by atoms with Crippen LogP contribution in [0.4, 0.5) is 0 Å². The van der Waals surface area contributed by atoms with Crippen LogP contribution in [0.15, 0.2) is 6.07 Å². The summed E-state index contributed by atoms with van der Waals surface area (Å²) in [5.41, 5.74) is 1.38. The zero-order chi connectivity index (χ0) is 13.9. The number of pyridine rings is 1. The van der Waals surface area contributed by atoms with E-state index in [1.807, 2.05) is 6.07 Å². The number of carbonyl (C=O) groups is 1. The van der Waals surface area contributed by atoms with Crippen molar-refractivity contribution in [2.24, 2.45) is 0 Å². The maximum absolute atomic E-state index is 11.8. The second-order valence-corrected chi connectivity index (χ2v) is 10.3. The van der Waals surface area contributed by atoms with Gasteiger partial charge in [-0.3, -0.25) is 4.79 Å². The molecule has 0 saturated carbocycles. The minimum absolute atomic E-state index is 0.0160. The third-order valence-electron chi connectivity index (χ3n) is 2.72. The van der Waals surface area contributed by atoms with Crippen LogP contribution in [0.1, 0.15) is 22.8 Å². The van der Waals surface area contributed by atoms with Crippen molar-refractivity contribution >= 4 is 19.2 Å². The Hall–Kier alpha value is -1.20. The normalized spacial score (nSPS) is 11.4. The molecule has 0 spiro atoms. The van der Waals surface area contributed by atoms with E-state index in [0.29, 0.717) is 18.1 Å². The van der Waals surface area contributed by atoms with Crippen LogP contribution in [0.3, 0.4) is 0 Å². The molecule has 0 aromatic carbocycles. The number of methoxy groups -OCH3 is 2. The van der Waals surface area contributed by atoms with E-state index in [1.54, 1.807) is 21.1 Å². The SMILES string of the molecule is COCc1c(C(C)=O)cc([Si](C)(C)C)nc1OC. The molecule has 4 nitrogen and oxygen atoms in total. The lowest BCUT2D eigenvalue weighted by Crippen LogP contribution is -2.41. The summed E-state index contributed by atoms with van der Waals surface area (Å²) < 4.78 is 10.4. The van der Waals surface area contributed by atoms with E-state index in [9.17, 15) is 4.79 Å². The molecule has 18 heavy (non-hydrogen) atoms. The van der Waals surface area contributed by atoms with Crippen LogP contribution in [-0.4, -0.2) is 33.1 Å². The van der Waals surface area contributed by atoms with Crippen molar-refractivity contribution in [2.75, 3.05) is 14.2 Å². The molecule has 1 heterocycles. The predicted octanol–water partition coefficient (Wildman–Crippen LogP) is 1.98. The largest absolute Gasteiger partial charge is 0.481 e. The lowest BCUT2D eigenvalue weighted by Gasteiger charge is -2.19. The Morgan fingerprint density at radius 2 is 1.94 bits per heavy atom. The Balaban J connectivity index is 3.48. The van der Waals surface area contributed by atoms with Crippen LogP contribution >= 0.6 is 0 Å². The first kappa shape index (κ1) is 14.9. The molecule has 0 fully saturated rings. The topological polar surface area (TPSA) is 48.4 Å². The van der Waals surface area contributed by atoms with Gasteiger partial charge in [0, 0.05) is 18.0 Å². The van der Waals surface area contributed by atoms with Gasteiger partial charge in [0.05, 0.1) is 19.3 Å². The number of rotatable bonds is 5. The Kier molecular flexibility index (Phi) is 4.64. The number of ketones is 1. The van der Waals surface area contributed by atoms with Crippen molar-refractivity contribution in [2.45, 2.75) is 33.2 Å². The van der Waals surface area contributed by atoms with Crippen LogP contribution in [0.2, 0.25) is 19.6 Å². The molecule has 0 aliphatic heterocycles. The Morgan fingerprint density at radius 3 is 2.33 bits per heavy atom. The maximum Gasteiger partial charge on any atom is 0.219 e. The number of carbonyl (C=O) groups excluding carboxylic acids is 1. The van der Waals surface area contributed by atoms with Gasteiger partial charge in [0.2, 0.25) is 5.88 Å². The highest BCUT2D eigenvalue weighted by molar-refractivity contribution is 6.88. The van der Waals surface area contributed by atoms with Gasteiger partial charge in [-0.15, -0.1) is 0 Å². The smallest absolute Gasteiger partial charge is 0.219 e. The maximum atomic E-state index is 11.8. The van der Waals surface area contributed by atoms with Gasteiger partial charge in [0.1, 0.15) is 8.07 Å². The molecule has 0 bridgehead atoms. The highest BCUT2D eigenvalue weighted by atomic mass is 28.3. The van der Waals surface area contributed by atoms with E-state index >= 15 is 0 Å². The molecule has 0 amide bonds. The molecule has 0 saturated heterocycles. The minimum Gasteiger partial charge on any atom is -0.481 e. The first-order chi connectivity index (χ1) is 8.31. The van der Waals surface area contributed by atoms with E-state index in [0.717, 1.165) is 10.9 Å². The van der Waals surface area contributed by atoms with E-state index in [1.165, 1.54) is 0 Å². The minimum atomic E-state index is -1.59. The van der Waals surface area contributed by atoms with Crippen molar-refractivity contribution < 1.29 is 14.3 Å². The molecule has 1 rings (SSSR count). The molecular weight excluding hydrogens is 246 g/mol. The molecular formula is C13H21NO3Si. The fourth-order valence-corrected chi connectivity index (χ4v) is 2.71. The van der Waals surface area contributed by atoms with Crippen LogP contribution in [0.25, 0.3) is 0 Å². The van der Waals surface area contributed by atoms with Crippen molar-refractivity contribution in [1.82, 2.24) is 4.98 Å². The van der Waals surface area contributed by atoms with Gasteiger partial charge in [-0.2, -0.15) is 0 Å². The van der Waals surface area contributed by atoms with E-state index in [-0.39, 0.29) is 5.78 Å².